The molecule has 0 aliphatic heterocycles. The summed E-state index contributed by atoms with van der Waals surface area (Å²) in [4.78, 5) is 38.1. The molecule has 0 amide bonds. The number of nitrogens with zero attached hydrogens (tertiary/aromatic N) is 1. The minimum absolute atomic E-state index is 0.0188. The third-order valence-electron chi connectivity index (χ3n) is 7.00. The van der Waals surface area contributed by atoms with Crippen LogP contribution in [0.4, 0.5) is 4.79 Å². The van der Waals surface area contributed by atoms with Gasteiger partial charge in [0.1, 0.15) is 17.6 Å². The van der Waals surface area contributed by atoms with Crippen LogP contribution in [-0.2, 0) is 22.4 Å². The fourth-order valence-electron chi connectivity index (χ4n) is 5.04. The highest BCUT2D eigenvalue weighted by atomic mass is 35.5. The molecular weight excluding hydrogens is 542 g/mol. The first-order valence-corrected chi connectivity index (χ1v) is 13.7. The molecule has 4 rings (SSSR count). The Labute approximate surface area is 244 Å². The van der Waals surface area contributed by atoms with Gasteiger partial charge in [0, 0.05) is 34.5 Å². The van der Waals surface area contributed by atoms with Crippen molar-refractivity contribution in [1.29, 1.82) is 0 Å². The molecular formula is C33H34ClNO6. The molecule has 4 aromatic rings. The Hall–Kier alpha value is -4.10. The molecule has 0 fully saturated rings. The van der Waals surface area contributed by atoms with Crippen LogP contribution in [0, 0.1) is 12.3 Å². The lowest BCUT2D eigenvalue weighted by Gasteiger charge is -2.25. The molecule has 214 valence electrons. The van der Waals surface area contributed by atoms with E-state index in [1.54, 1.807) is 42.0 Å². The number of hydrogen-bond donors (Lipinski definition) is 1. The fraction of sp³-hybridized carbons (Fsp3) is 0.303. The van der Waals surface area contributed by atoms with Gasteiger partial charge >= 0.3 is 6.16 Å². The smallest absolute Gasteiger partial charge is 0.497 e. The van der Waals surface area contributed by atoms with Crippen molar-refractivity contribution in [2.24, 2.45) is 5.41 Å². The van der Waals surface area contributed by atoms with Crippen LogP contribution < -0.4 is 4.74 Å². The van der Waals surface area contributed by atoms with Crippen LogP contribution in [0.2, 0.25) is 5.02 Å². The van der Waals surface area contributed by atoms with E-state index >= 15 is 0 Å². The summed E-state index contributed by atoms with van der Waals surface area (Å²) in [6, 6.07) is 19.5. The molecule has 0 bridgehead atoms. The Balaban J connectivity index is 1.60. The van der Waals surface area contributed by atoms with E-state index in [0.717, 1.165) is 22.1 Å². The summed E-state index contributed by atoms with van der Waals surface area (Å²) in [5, 5.41) is 10.5. The normalized spacial score (nSPS) is 12.2. The molecule has 1 heterocycles. The van der Waals surface area contributed by atoms with E-state index in [0.29, 0.717) is 34.0 Å². The second kappa shape index (κ2) is 12.2. The summed E-state index contributed by atoms with van der Waals surface area (Å²) >= 11 is 6.02. The standard InChI is InChI=1S/C33H34ClNO6/c1-20-27(17-25(36)16-21-6-8-22(9-7-21)30(41-32(38)39)19-33(2,3)4)28-18-26(40-5)14-15-29(28)35(20)31(37)23-10-12-24(34)13-11-23/h6-15,18,30H,16-17,19H2,1-5H3,(H,38,39). The lowest BCUT2D eigenvalue weighted by molar-refractivity contribution is -0.117. The van der Waals surface area contributed by atoms with Crippen LogP contribution in [0.1, 0.15) is 66.0 Å². The lowest BCUT2D eigenvalue weighted by Crippen LogP contribution is -2.17. The van der Waals surface area contributed by atoms with Gasteiger partial charge in [0.15, 0.2) is 0 Å². The van der Waals surface area contributed by atoms with Gasteiger partial charge in [0.05, 0.1) is 12.6 Å². The van der Waals surface area contributed by atoms with Gasteiger partial charge in [-0.15, -0.1) is 0 Å². The maximum atomic E-state index is 13.5. The van der Waals surface area contributed by atoms with Crippen LogP contribution in [0.3, 0.4) is 0 Å². The number of ketones is 1. The van der Waals surface area contributed by atoms with Crippen LogP contribution in [0.25, 0.3) is 10.9 Å². The van der Waals surface area contributed by atoms with Gasteiger partial charge < -0.3 is 14.6 Å². The number of benzene rings is 3. The largest absolute Gasteiger partial charge is 0.506 e. The van der Waals surface area contributed by atoms with E-state index < -0.39 is 12.3 Å². The van der Waals surface area contributed by atoms with Gasteiger partial charge in [-0.3, -0.25) is 14.2 Å². The van der Waals surface area contributed by atoms with Crippen molar-refractivity contribution < 1.29 is 29.0 Å². The van der Waals surface area contributed by atoms with E-state index in [2.05, 4.69) is 0 Å². The number of aromatic nitrogens is 1. The van der Waals surface area contributed by atoms with Crippen molar-refractivity contribution in [3.8, 4) is 5.75 Å². The molecule has 0 saturated carbocycles. The lowest BCUT2D eigenvalue weighted by atomic mass is 9.86. The molecule has 1 aromatic heterocycles. The first kappa shape index (κ1) is 29.9. The highest BCUT2D eigenvalue weighted by Crippen LogP contribution is 2.33. The molecule has 1 atom stereocenters. The van der Waals surface area contributed by atoms with Crippen molar-refractivity contribution in [2.45, 2.75) is 53.1 Å². The number of carboxylic acid groups (broad SMARTS) is 1. The monoisotopic (exact) mass is 575 g/mol. The second-order valence-corrected chi connectivity index (χ2v) is 11.8. The number of Topliss-reactive ketones (excluding diaryl/α,β-unsaturated/α-hetero) is 1. The Kier molecular flexibility index (Phi) is 8.88. The van der Waals surface area contributed by atoms with Gasteiger partial charge in [-0.2, -0.15) is 0 Å². The number of halogens is 1. The van der Waals surface area contributed by atoms with Gasteiger partial charge in [-0.1, -0.05) is 56.6 Å². The molecule has 0 spiro atoms. The third kappa shape index (κ3) is 7.16. The first-order valence-electron chi connectivity index (χ1n) is 13.3. The minimum Gasteiger partial charge on any atom is -0.497 e. The van der Waals surface area contributed by atoms with Crippen LogP contribution in [0.15, 0.2) is 66.7 Å². The van der Waals surface area contributed by atoms with E-state index in [9.17, 15) is 19.5 Å². The van der Waals surface area contributed by atoms with Crippen LogP contribution >= 0.6 is 11.6 Å². The number of carbonyl (C=O) groups is 3. The Morgan fingerprint density at radius 3 is 2.20 bits per heavy atom. The van der Waals surface area contributed by atoms with Gasteiger partial charge in [0.2, 0.25) is 0 Å². The highest BCUT2D eigenvalue weighted by Gasteiger charge is 2.25. The Bertz CT molecular complexity index is 1580. The third-order valence-corrected chi connectivity index (χ3v) is 7.26. The Morgan fingerprint density at radius 2 is 1.61 bits per heavy atom. The molecule has 1 unspecified atom stereocenters. The maximum absolute atomic E-state index is 13.5. The number of fused-ring (bicyclic) bond motifs is 1. The average Bonchev–Trinajstić information content (AvgIpc) is 3.17. The predicted octanol–water partition coefficient (Wildman–Crippen LogP) is 7.83. The summed E-state index contributed by atoms with van der Waals surface area (Å²) in [7, 11) is 1.58. The van der Waals surface area contributed by atoms with E-state index in [1.807, 2.05) is 64.1 Å². The highest BCUT2D eigenvalue weighted by molar-refractivity contribution is 6.30. The van der Waals surface area contributed by atoms with Gasteiger partial charge in [-0.25, -0.2) is 4.79 Å². The topological polar surface area (TPSA) is 94.8 Å². The summed E-state index contributed by atoms with van der Waals surface area (Å²) in [6.45, 7) is 7.91. The van der Waals surface area contributed by atoms with E-state index in [4.69, 9.17) is 21.1 Å². The van der Waals surface area contributed by atoms with Crippen LogP contribution in [0.5, 0.6) is 5.75 Å². The van der Waals surface area contributed by atoms with Crippen molar-refractivity contribution in [3.05, 3.63) is 99.7 Å². The molecule has 0 aliphatic rings. The van der Waals surface area contributed by atoms with Crippen molar-refractivity contribution >= 4 is 40.3 Å². The zero-order valence-electron chi connectivity index (χ0n) is 23.9. The molecule has 0 aliphatic carbocycles. The molecule has 0 saturated heterocycles. The summed E-state index contributed by atoms with van der Waals surface area (Å²) in [5.41, 5.74) is 4.04. The molecule has 8 heteroatoms. The summed E-state index contributed by atoms with van der Waals surface area (Å²) < 4.78 is 12.2. The summed E-state index contributed by atoms with van der Waals surface area (Å²) in [5.74, 6) is 0.401. The second-order valence-electron chi connectivity index (χ2n) is 11.4. The predicted molar refractivity (Wildman–Crippen MR) is 159 cm³/mol. The van der Waals surface area contributed by atoms with Crippen molar-refractivity contribution in [2.75, 3.05) is 7.11 Å². The molecule has 3 aromatic carbocycles. The molecule has 0 radical (unpaired) electrons. The number of ether oxygens (including phenoxy) is 2. The molecule has 41 heavy (non-hydrogen) atoms. The first-order chi connectivity index (χ1) is 19.4. The zero-order chi connectivity index (χ0) is 29.9. The number of methoxy groups -OCH3 is 1. The Morgan fingerprint density at radius 1 is 0.951 bits per heavy atom. The zero-order valence-corrected chi connectivity index (χ0v) is 24.6. The average molecular weight is 576 g/mol. The number of carbonyl (C=O) groups excluding carboxylic acids is 2. The van der Waals surface area contributed by atoms with Gasteiger partial charge in [0.25, 0.3) is 5.91 Å². The summed E-state index contributed by atoms with van der Waals surface area (Å²) in [6.07, 6.45) is -1.07. The van der Waals surface area contributed by atoms with E-state index in [1.165, 1.54) is 0 Å². The van der Waals surface area contributed by atoms with Crippen molar-refractivity contribution in [3.63, 3.8) is 0 Å². The number of hydrogen-bond acceptors (Lipinski definition) is 5. The molecule has 1 N–H and O–H groups in total. The van der Waals surface area contributed by atoms with Crippen molar-refractivity contribution in [1.82, 2.24) is 4.57 Å². The SMILES string of the molecule is COc1ccc2c(c1)c(CC(=O)Cc1ccc(C(CC(C)(C)C)OC(=O)O)cc1)c(C)n2C(=O)c1ccc(Cl)cc1. The van der Waals surface area contributed by atoms with Crippen LogP contribution in [-0.4, -0.2) is 34.6 Å². The van der Waals surface area contributed by atoms with E-state index in [-0.39, 0.29) is 29.9 Å². The quantitative estimate of drug-likeness (QED) is 0.204. The van der Waals surface area contributed by atoms with Gasteiger partial charge in [-0.05, 0) is 77.9 Å². The molecule has 7 nitrogen and oxygen atoms in total. The maximum Gasteiger partial charge on any atom is 0.506 e. The number of rotatable bonds is 9. The fourth-order valence-corrected chi connectivity index (χ4v) is 5.16. The minimum atomic E-state index is -1.32.